The van der Waals surface area contributed by atoms with E-state index in [-0.39, 0.29) is 12.6 Å². The van der Waals surface area contributed by atoms with Crippen molar-refractivity contribution in [2.24, 2.45) is 0 Å². The van der Waals surface area contributed by atoms with Gasteiger partial charge in [0, 0.05) is 7.11 Å². The van der Waals surface area contributed by atoms with Crippen LogP contribution >= 0.6 is 0 Å². The first kappa shape index (κ1) is 9.15. The smallest absolute Gasteiger partial charge is 0.161 e. The molecule has 68 valence electrons. The number of aliphatic hydroxyl groups excluding tert-OH is 1. The maximum Gasteiger partial charge on any atom is 0.161 e. The van der Waals surface area contributed by atoms with Crippen LogP contribution in [0.4, 0.5) is 4.39 Å². The van der Waals surface area contributed by atoms with Crippen LogP contribution in [-0.4, -0.2) is 35.2 Å². The molecule has 1 aromatic rings. The number of hydrogen-bond acceptors (Lipinski definition) is 3. The Balaban J connectivity index is 2.66. The molecule has 1 aromatic heterocycles. The lowest BCUT2D eigenvalue weighted by Gasteiger charge is -2.12. The molecule has 0 aliphatic carbocycles. The average Bonchev–Trinajstić information content (AvgIpc) is 2.47. The summed E-state index contributed by atoms with van der Waals surface area (Å²) < 4.78 is 18.6. The lowest BCUT2D eigenvalue weighted by Crippen LogP contribution is -2.18. The van der Waals surface area contributed by atoms with E-state index in [1.165, 1.54) is 18.0 Å². The number of methoxy groups -OCH3 is 1. The predicted molar refractivity (Wildman–Crippen MR) is 40.2 cm³/mol. The molecule has 1 rings (SSSR count). The molecule has 1 heterocycles. The molecular formula is C7H11FN2O2. The minimum atomic E-state index is -0.412. The Hall–Kier alpha value is -0.940. The normalized spacial score (nSPS) is 13.2. The van der Waals surface area contributed by atoms with E-state index in [0.717, 1.165) is 6.20 Å². The molecule has 0 aliphatic rings. The van der Waals surface area contributed by atoms with Crippen molar-refractivity contribution in [1.29, 1.82) is 0 Å². The number of ether oxygens (including phenoxy) is 1. The SMILES string of the molecule is COCC(CO)n1cc(F)cn1. The van der Waals surface area contributed by atoms with Gasteiger partial charge < -0.3 is 9.84 Å². The number of aromatic nitrogens is 2. The molecule has 0 bridgehead atoms. The van der Waals surface area contributed by atoms with E-state index >= 15 is 0 Å². The first-order valence-electron chi connectivity index (χ1n) is 3.57. The third kappa shape index (κ3) is 2.02. The molecule has 0 amide bonds. The summed E-state index contributed by atoms with van der Waals surface area (Å²) in [6.45, 7) is 0.201. The van der Waals surface area contributed by atoms with Gasteiger partial charge in [-0.05, 0) is 0 Å². The van der Waals surface area contributed by atoms with Crippen LogP contribution < -0.4 is 0 Å². The Kier molecular flexibility index (Phi) is 3.19. The van der Waals surface area contributed by atoms with Gasteiger partial charge in [-0.25, -0.2) is 4.39 Å². The van der Waals surface area contributed by atoms with E-state index in [1.807, 2.05) is 0 Å². The van der Waals surface area contributed by atoms with Crippen LogP contribution in [0.2, 0.25) is 0 Å². The second kappa shape index (κ2) is 4.18. The van der Waals surface area contributed by atoms with Crippen molar-refractivity contribution < 1.29 is 14.2 Å². The highest BCUT2D eigenvalue weighted by Crippen LogP contribution is 2.05. The first-order chi connectivity index (χ1) is 5.77. The Morgan fingerprint density at radius 2 is 2.58 bits per heavy atom. The van der Waals surface area contributed by atoms with Crippen molar-refractivity contribution in [3.8, 4) is 0 Å². The maximum absolute atomic E-state index is 12.5. The fraction of sp³-hybridized carbons (Fsp3) is 0.571. The van der Waals surface area contributed by atoms with Crippen LogP contribution in [0.3, 0.4) is 0 Å². The van der Waals surface area contributed by atoms with Gasteiger partial charge in [0.05, 0.1) is 31.6 Å². The molecule has 0 aliphatic heterocycles. The number of halogens is 1. The summed E-state index contributed by atoms with van der Waals surface area (Å²) in [7, 11) is 1.52. The summed E-state index contributed by atoms with van der Waals surface area (Å²) in [5.74, 6) is -0.412. The lowest BCUT2D eigenvalue weighted by molar-refractivity contribution is 0.108. The number of hydrogen-bond donors (Lipinski definition) is 1. The van der Waals surface area contributed by atoms with Gasteiger partial charge in [0.2, 0.25) is 0 Å². The fourth-order valence-corrected chi connectivity index (χ4v) is 0.920. The second-order valence-electron chi connectivity index (χ2n) is 2.43. The molecular weight excluding hydrogens is 163 g/mol. The van der Waals surface area contributed by atoms with Gasteiger partial charge in [-0.15, -0.1) is 0 Å². The van der Waals surface area contributed by atoms with E-state index in [4.69, 9.17) is 9.84 Å². The number of rotatable bonds is 4. The van der Waals surface area contributed by atoms with Crippen LogP contribution in [0.5, 0.6) is 0 Å². The summed E-state index contributed by atoms with van der Waals surface area (Å²) in [6.07, 6.45) is 2.32. The van der Waals surface area contributed by atoms with Crippen molar-refractivity contribution >= 4 is 0 Å². The van der Waals surface area contributed by atoms with Gasteiger partial charge in [-0.3, -0.25) is 4.68 Å². The number of aliphatic hydroxyl groups is 1. The van der Waals surface area contributed by atoms with Gasteiger partial charge >= 0.3 is 0 Å². The fourth-order valence-electron chi connectivity index (χ4n) is 0.920. The standard InChI is InChI=1S/C7H11FN2O2/c1-12-5-7(4-11)10-3-6(8)2-9-10/h2-3,7,11H,4-5H2,1H3. The molecule has 1 unspecified atom stereocenters. The van der Waals surface area contributed by atoms with Crippen molar-refractivity contribution in [2.45, 2.75) is 6.04 Å². The quantitative estimate of drug-likeness (QED) is 0.709. The van der Waals surface area contributed by atoms with E-state index < -0.39 is 5.82 Å². The van der Waals surface area contributed by atoms with Gasteiger partial charge in [0.15, 0.2) is 5.82 Å². The van der Waals surface area contributed by atoms with Crippen LogP contribution in [0.1, 0.15) is 6.04 Å². The molecule has 4 nitrogen and oxygen atoms in total. The Bertz CT molecular complexity index is 239. The van der Waals surface area contributed by atoms with E-state index in [1.54, 1.807) is 0 Å². The zero-order valence-electron chi connectivity index (χ0n) is 6.77. The molecule has 0 fully saturated rings. The largest absolute Gasteiger partial charge is 0.394 e. The van der Waals surface area contributed by atoms with E-state index in [2.05, 4.69) is 5.10 Å². The minimum Gasteiger partial charge on any atom is -0.394 e. The van der Waals surface area contributed by atoms with Gasteiger partial charge in [0.25, 0.3) is 0 Å². The summed E-state index contributed by atoms with van der Waals surface area (Å²) in [5.41, 5.74) is 0. The van der Waals surface area contributed by atoms with Crippen LogP contribution in [0.15, 0.2) is 12.4 Å². The predicted octanol–water partition coefficient (Wildman–Crippen LogP) is 0.202. The highest BCUT2D eigenvalue weighted by molar-refractivity contribution is 4.86. The van der Waals surface area contributed by atoms with Crippen molar-refractivity contribution in [1.82, 2.24) is 9.78 Å². The van der Waals surface area contributed by atoms with Crippen molar-refractivity contribution in [2.75, 3.05) is 20.3 Å². The monoisotopic (exact) mass is 174 g/mol. The topological polar surface area (TPSA) is 47.3 Å². The zero-order valence-corrected chi connectivity index (χ0v) is 6.77. The summed E-state index contributed by atoms with van der Waals surface area (Å²) >= 11 is 0. The third-order valence-corrected chi connectivity index (χ3v) is 1.51. The molecule has 0 saturated carbocycles. The molecule has 5 heteroatoms. The molecule has 0 saturated heterocycles. The highest BCUT2D eigenvalue weighted by atomic mass is 19.1. The van der Waals surface area contributed by atoms with Crippen molar-refractivity contribution in [3.63, 3.8) is 0 Å². The van der Waals surface area contributed by atoms with Gasteiger partial charge in [-0.1, -0.05) is 0 Å². The molecule has 1 atom stereocenters. The Labute approximate surface area is 69.6 Å². The zero-order chi connectivity index (χ0) is 8.97. The third-order valence-electron chi connectivity index (χ3n) is 1.51. The molecule has 0 aromatic carbocycles. The van der Waals surface area contributed by atoms with Crippen LogP contribution in [0.25, 0.3) is 0 Å². The van der Waals surface area contributed by atoms with E-state index in [9.17, 15) is 4.39 Å². The van der Waals surface area contributed by atoms with Crippen LogP contribution in [-0.2, 0) is 4.74 Å². The van der Waals surface area contributed by atoms with Gasteiger partial charge in [-0.2, -0.15) is 5.10 Å². The molecule has 0 radical (unpaired) electrons. The summed E-state index contributed by atoms with van der Waals surface area (Å²) in [4.78, 5) is 0. The Morgan fingerprint density at radius 3 is 3.00 bits per heavy atom. The molecule has 0 spiro atoms. The molecule has 1 N–H and O–H groups in total. The van der Waals surface area contributed by atoms with Gasteiger partial charge in [0.1, 0.15) is 0 Å². The second-order valence-corrected chi connectivity index (χ2v) is 2.43. The maximum atomic E-state index is 12.5. The van der Waals surface area contributed by atoms with Crippen molar-refractivity contribution in [3.05, 3.63) is 18.2 Å². The summed E-state index contributed by atoms with van der Waals surface area (Å²) in [5, 5.41) is 12.6. The average molecular weight is 174 g/mol. The van der Waals surface area contributed by atoms with E-state index in [0.29, 0.717) is 6.61 Å². The number of nitrogens with zero attached hydrogens (tertiary/aromatic N) is 2. The minimum absolute atomic E-state index is 0.116. The highest BCUT2D eigenvalue weighted by Gasteiger charge is 2.10. The summed E-state index contributed by atoms with van der Waals surface area (Å²) in [6, 6.07) is -0.306. The lowest BCUT2D eigenvalue weighted by atomic mass is 10.3. The molecule has 12 heavy (non-hydrogen) atoms. The van der Waals surface area contributed by atoms with Crippen LogP contribution in [0, 0.1) is 5.82 Å². The Morgan fingerprint density at radius 1 is 1.83 bits per heavy atom. The first-order valence-corrected chi connectivity index (χ1v) is 3.57.